The second-order valence-electron chi connectivity index (χ2n) is 4.21. The molecule has 0 aromatic heterocycles. The molecule has 0 unspecified atom stereocenters. The molecule has 0 saturated heterocycles. The molecule has 0 amide bonds. The first-order valence-electron chi connectivity index (χ1n) is 5.71. The van der Waals surface area contributed by atoms with Gasteiger partial charge in [0.05, 0.1) is 6.21 Å². The van der Waals surface area contributed by atoms with E-state index in [1.807, 2.05) is 30.3 Å². The fourth-order valence-corrected chi connectivity index (χ4v) is 2.55. The van der Waals surface area contributed by atoms with E-state index in [-0.39, 0.29) is 0 Å². The molecule has 1 aliphatic heterocycles. The molecule has 0 spiro atoms. The molecule has 1 aliphatic rings. The summed E-state index contributed by atoms with van der Waals surface area (Å²) in [6.07, 6.45) is 1.71. The minimum Gasteiger partial charge on any atom is -0.427 e. The number of rotatable bonds is 1. The van der Waals surface area contributed by atoms with Crippen molar-refractivity contribution in [2.45, 2.75) is 0 Å². The Hall–Kier alpha value is -1.05. The highest BCUT2D eigenvalue weighted by atomic mass is 127. The van der Waals surface area contributed by atoms with Crippen LogP contribution in [0.5, 0.6) is 0 Å². The SMILES string of the molecule is OB1c2ccc(Cl)cc2C=NN1c1ccc(I)cc1. The second-order valence-corrected chi connectivity index (χ2v) is 5.89. The summed E-state index contributed by atoms with van der Waals surface area (Å²) in [6.45, 7) is 0. The number of halogens is 2. The summed E-state index contributed by atoms with van der Waals surface area (Å²) in [5, 5.41) is 15.3. The van der Waals surface area contributed by atoms with Crippen molar-refractivity contribution < 1.29 is 5.02 Å². The summed E-state index contributed by atoms with van der Waals surface area (Å²) in [7, 11) is -0.794. The van der Waals surface area contributed by atoms with Gasteiger partial charge in [-0.25, -0.2) is 0 Å². The van der Waals surface area contributed by atoms with Crippen molar-refractivity contribution >= 4 is 58.6 Å². The average molecular weight is 382 g/mol. The van der Waals surface area contributed by atoms with Gasteiger partial charge in [-0.1, -0.05) is 17.7 Å². The van der Waals surface area contributed by atoms with Gasteiger partial charge in [0.25, 0.3) is 0 Å². The van der Waals surface area contributed by atoms with E-state index in [0.29, 0.717) is 5.02 Å². The third-order valence-corrected chi connectivity index (χ3v) is 3.93. The fraction of sp³-hybridized carbons (Fsp3) is 0. The summed E-state index contributed by atoms with van der Waals surface area (Å²) in [6, 6.07) is 13.2. The highest BCUT2D eigenvalue weighted by molar-refractivity contribution is 14.1. The van der Waals surface area contributed by atoms with Crippen LogP contribution in [0.2, 0.25) is 5.02 Å². The molecule has 6 heteroatoms. The Kier molecular flexibility index (Phi) is 3.51. The zero-order valence-electron chi connectivity index (χ0n) is 9.79. The fourth-order valence-electron chi connectivity index (χ4n) is 2.01. The van der Waals surface area contributed by atoms with Crippen molar-refractivity contribution in [2.75, 3.05) is 4.92 Å². The maximum atomic E-state index is 10.4. The van der Waals surface area contributed by atoms with Crippen LogP contribution in [0.3, 0.4) is 0 Å². The Balaban J connectivity index is 2.00. The average Bonchev–Trinajstić information content (AvgIpc) is 2.40. The van der Waals surface area contributed by atoms with Gasteiger partial charge in [-0.2, -0.15) is 5.10 Å². The number of hydrogen-bond acceptors (Lipinski definition) is 3. The van der Waals surface area contributed by atoms with Crippen LogP contribution in [0.25, 0.3) is 0 Å². The Morgan fingerprint density at radius 1 is 1.16 bits per heavy atom. The van der Waals surface area contributed by atoms with Gasteiger partial charge in [0, 0.05) is 14.3 Å². The van der Waals surface area contributed by atoms with E-state index in [0.717, 1.165) is 20.3 Å². The molecule has 19 heavy (non-hydrogen) atoms. The van der Waals surface area contributed by atoms with Gasteiger partial charge in [-0.3, -0.25) is 4.92 Å². The van der Waals surface area contributed by atoms with Crippen molar-refractivity contribution in [1.29, 1.82) is 0 Å². The largest absolute Gasteiger partial charge is 0.471 e. The molecule has 2 aromatic rings. The normalized spacial score (nSPS) is 13.6. The Labute approximate surface area is 130 Å². The topological polar surface area (TPSA) is 35.8 Å². The zero-order valence-corrected chi connectivity index (χ0v) is 12.7. The predicted molar refractivity (Wildman–Crippen MR) is 88.3 cm³/mol. The van der Waals surface area contributed by atoms with E-state index in [1.165, 1.54) is 0 Å². The van der Waals surface area contributed by atoms with Crippen LogP contribution in [0.4, 0.5) is 5.69 Å². The van der Waals surface area contributed by atoms with Crippen molar-refractivity contribution in [2.24, 2.45) is 5.10 Å². The van der Waals surface area contributed by atoms with Crippen LogP contribution in [-0.2, 0) is 0 Å². The number of hydrogen-bond donors (Lipinski definition) is 1. The number of benzene rings is 2. The first-order valence-corrected chi connectivity index (χ1v) is 7.17. The third-order valence-electron chi connectivity index (χ3n) is 2.97. The van der Waals surface area contributed by atoms with E-state index < -0.39 is 7.05 Å². The van der Waals surface area contributed by atoms with Crippen molar-refractivity contribution in [3.05, 3.63) is 56.6 Å². The molecule has 2 aromatic carbocycles. The summed E-state index contributed by atoms with van der Waals surface area (Å²) in [5.41, 5.74) is 2.50. The molecule has 1 N–H and O–H groups in total. The molecular weight excluding hydrogens is 373 g/mol. The quantitative estimate of drug-likeness (QED) is 0.608. The standard InChI is InChI=1S/C13H9BClIN2O/c15-10-1-6-13-9(7-10)8-17-18(14(13)19)12-4-2-11(16)3-5-12/h1-8,19H. The van der Waals surface area contributed by atoms with Gasteiger partial charge in [-0.15, -0.1) is 0 Å². The predicted octanol–water partition coefficient (Wildman–Crippen LogP) is 2.49. The van der Waals surface area contributed by atoms with Crippen molar-refractivity contribution in [3.63, 3.8) is 0 Å². The van der Waals surface area contributed by atoms with Gasteiger partial charge in [0.15, 0.2) is 0 Å². The Morgan fingerprint density at radius 3 is 2.63 bits per heavy atom. The molecule has 1 heterocycles. The van der Waals surface area contributed by atoms with Crippen LogP contribution in [0, 0.1) is 3.57 Å². The summed E-state index contributed by atoms with van der Waals surface area (Å²) in [4.78, 5) is 1.59. The lowest BCUT2D eigenvalue weighted by atomic mass is 9.69. The highest BCUT2D eigenvalue weighted by Crippen LogP contribution is 2.20. The number of hydrazone groups is 1. The maximum absolute atomic E-state index is 10.4. The van der Waals surface area contributed by atoms with E-state index >= 15 is 0 Å². The summed E-state index contributed by atoms with van der Waals surface area (Å²) >= 11 is 8.18. The molecule has 94 valence electrons. The lowest BCUT2D eigenvalue weighted by Gasteiger charge is -2.26. The number of anilines is 1. The van der Waals surface area contributed by atoms with Crippen LogP contribution >= 0.6 is 34.2 Å². The van der Waals surface area contributed by atoms with Crippen LogP contribution in [-0.4, -0.2) is 18.3 Å². The van der Waals surface area contributed by atoms with Crippen LogP contribution in [0.1, 0.15) is 5.56 Å². The van der Waals surface area contributed by atoms with Gasteiger partial charge >= 0.3 is 7.05 Å². The molecular formula is C13H9BClIN2O. The molecule has 3 rings (SSSR count). The molecule has 0 aliphatic carbocycles. The van der Waals surface area contributed by atoms with Crippen LogP contribution < -0.4 is 10.4 Å². The van der Waals surface area contributed by atoms with Gasteiger partial charge < -0.3 is 5.02 Å². The monoisotopic (exact) mass is 382 g/mol. The number of fused-ring (bicyclic) bond motifs is 1. The van der Waals surface area contributed by atoms with Gasteiger partial charge in [0.2, 0.25) is 0 Å². The summed E-state index contributed by atoms with van der Waals surface area (Å²) < 4.78 is 1.14. The molecule has 0 saturated carbocycles. The molecule has 3 nitrogen and oxygen atoms in total. The van der Waals surface area contributed by atoms with E-state index in [4.69, 9.17) is 11.6 Å². The molecule has 0 radical (unpaired) electrons. The first kappa shape index (κ1) is 13.0. The minimum absolute atomic E-state index is 0.639. The summed E-state index contributed by atoms with van der Waals surface area (Å²) in [5.74, 6) is 0. The van der Waals surface area contributed by atoms with Crippen molar-refractivity contribution in [3.8, 4) is 0 Å². The molecule has 0 fully saturated rings. The van der Waals surface area contributed by atoms with E-state index in [9.17, 15) is 5.02 Å². The minimum atomic E-state index is -0.794. The lowest BCUT2D eigenvalue weighted by molar-refractivity contribution is 0.578. The number of nitrogens with zero attached hydrogens (tertiary/aromatic N) is 2. The van der Waals surface area contributed by atoms with Gasteiger partial charge in [-0.05, 0) is 70.0 Å². The zero-order chi connectivity index (χ0) is 13.4. The molecule has 0 bridgehead atoms. The second kappa shape index (κ2) is 5.15. The lowest BCUT2D eigenvalue weighted by Crippen LogP contribution is -2.50. The van der Waals surface area contributed by atoms with Gasteiger partial charge in [0.1, 0.15) is 0 Å². The van der Waals surface area contributed by atoms with Crippen LogP contribution in [0.15, 0.2) is 47.6 Å². The maximum Gasteiger partial charge on any atom is 0.471 e. The van der Waals surface area contributed by atoms with Crippen molar-refractivity contribution in [1.82, 2.24) is 0 Å². The molecule has 0 atom stereocenters. The Bertz CT molecular complexity index is 648. The Morgan fingerprint density at radius 2 is 1.89 bits per heavy atom. The first-order chi connectivity index (χ1) is 9.15. The van der Waals surface area contributed by atoms with E-state index in [2.05, 4.69) is 27.7 Å². The smallest absolute Gasteiger partial charge is 0.427 e. The highest BCUT2D eigenvalue weighted by Gasteiger charge is 2.30. The third kappa shape index (κ3) is 2.50. The van der Waals surface area contributed by atoms with E-state index in [1.54, 1.807) is 23.3 Å².